The van der Waals surface area contributed by atoms with Crippen LogP contribution in [0.4, 0.5) is 27.2 Å². The van der Waals surface area contributed by atoms with E-state index in [0.717, 1.165) is 0 Å². The lowest BCUT2D eigenvalue weighted by Gasteiger charge is -2.37. The van der Waals surface area contributed by atoms with E-state index in [4.69, 9.17) is 14.2 Å². The molecule has 17 heteroatoms. The summed E-state index contributed by atoms with van der Waals surface area (Å²) in [5.74, 6) is -9.98. The predicted molar refractivity (Wildman–Crippen MR) is 213 cm³/mol. The fourth-order valence-corrected chi connectivity index (χ4v) is 11.0. The summed E-state index contributed by atoms with van der Waals surface area (Å²) in [4.78, 5) is 77.9. The van der Waals surface area contributed by atoms with Crippen molar-refractivity contribution < 1.29 is 65.6 Å². The van der Waals surface area contributed by atoms with Gasteiger partial charge in [0, 0.05) is 44.1 Å². The van der Waals surface area contributed by atoms with Crippen molar-refractivity contribution in [2.45, 2.75) is 168 Å². The Morgan fingerprint density at radius 2 is 1.11 bits per heavy atom. The quantitative estimate of drug-likeness (QED) is 0.119. The van der Waals surface area contributed by atoms with Crippen LogP contribution in [0.25, 0.3) is 0 Å². The van der Waals surface area contributed by atoms with Gasteiger partial charge in [0.2, 0.25) is 17.8 Å². The summed E-state index contributed by atoms with van der Waals surface area (Å²) < 4.78 is 70.3. The Bertz CT molecular complexity index is 1700. The molecule has 0 aromatic heterocycles. The highest BCUT2D eigenvalue weighted by Gasteiger charge is 2.71. The van der Waals surface area contributed by atoms with Crippen molar-refractivity contribution in [2.24, 2.45) is 58.2 Å². The highest BCUT2D eigenvalue weighted by Crippen LogP contribution is 2.71. The van der Waals surface area contributed by atoms with Crippen molar-refractivity contribution in [3.63, 3.8) is 0 Å². The molecular formula is C44H67F4N3O10. The highest BCUT2D eigenvalue weighted by atomic mass is 19.3. The third-order valence-electron chi connectivity index (χ3n) is 14.4. The monoisotopic (exact) mass is 873 g/mol. The number of hydrogen-bond acceptors (Lipinski definition) is 9. The maximum Gasteiger partial charge on any atom is 0.408 e. The summed E-state index contributed by atoms with van der Waals surface area (Å²) in [5, 5.41) is 15.0. The van der Waals surface area contributed by atoms with Crippen molar-refractivity contribution in [1.82, 2.24) is 15.5 Å². The largest absolute Gasteiger partial charge is 0.481 e. The average Bonchev–Trinajstić information content (AvgIpc) is 3.59. The average molecular weight is 874 g/mol. The molecule has 0 radical (unpaired) electrons. The third-order valence-corrected chi connectivity index (χ3v) is 14.4. The zero-order valence-corrected chi connectivity index (χ0v) is 37.5. The summed E-state index contributed by atoms with van der Waals surface area (Å²) in [6.45, 7) is 18.7. The summed E-state index contributed by atoms with van der Waals surface area (Å²) in [6.07, 6.45) is -2.05. The SMILES string of the molecule is CC(C)(C)OC(=O)N[C@H](C(=O)C1C[C@H]2[C@@H](C1C(=O)O)C2(C)C)C1CCC(F)(F)CC1.COC(=O)C1[C@@H]2[C@H](CN1C(=O)[C@@H](NC(=O)OC(C)(C)C)C1CCC(F)(F)CC1)C2(C)C. The van der Waals surface area contributed by atoms with Gasteiger partial charge in [0.15, 0.2) is 5.78 Å². The molecule has 13 nitrogen and oxygen atoms in total. The topological polar surface area (TPSA) is 178 Å². The van der Waals surface area contributed by atoms with Gasteiger partial charge in [-0.15, -0.1) is 0 Å². The normalized spacial score (nSPS) is 31.7. The van der Waals surface area contributed by atoms with Gasteiger partial charge in [0.1, 0.15) is 23.3 Å². The minimum absolute atomic E-state index is 0.0123. The van der Waals surface area contributed by atoms with Crippen molar-refractivity contribution in [2.75, 3.05) is 13.7 Å². The number of ketones is 1. The molecule has 346 valence electrons. The van der Waals surface area contributed by atoms with E-state index in [0.29, 0.717) is 13.0 Å². The lowest BCUT2D eigenvalue weighted by molar-refractivity contribution is -0.154. The van der Waals surface area contributed by atoms with Crippen LogP contribution in [0.5, 0.6) is 0 Å². The van der Waals surface area contributed by atoms with Crippen LogP contribution >= 0.6 is 0 Å². The number of hydrogen-bond donors (Lipinski definition) is 3. The lowest BCUT2D eigenvalue weighted by atomic mass is 9.74. The molecule has 1 aliphatic heterocycles. The molecule has 61 heavy (non-hydrogen) atoms. The number of aliphatic carboxylic acids is 1. The molecule has 3 unspecified atom stereocenters. The molecule has 5 aliphatic carbocycles. The van der Waals surface area contributed by atoms with Crippen LogP contribution in [-0.4, -0.2) is 101 Å². The van der Waals surface area contributed by atoms with Gasteiger partial charge in [0.25, 0.3) is 0 Å². The zero-order chi connectivity index (χ0) is 46.0. The number of nitrogens with zero attached hydrogens (tertiary/aromatic N) is 1. The molecule has 9 atom stereocenters. The number of alkyl halides is 4. The number of Topliss-reactive ketones (excluding diaryl/α,β-unsaturated/α-hetero) is 1. The molecule has 6 fully saturated rings. The van der Waals surface area contributed by atoms with Gasteiger partial charge < -0.3 is 34.9 Å². The number of carbonyl (C=O) groups is 6. The number of carboxylic acids is 1. The van der Waals surface area contributed by atoms with Crippen LogP contribution in [0.2, 0.25) is 0 Å². The number of amides is 3. The third kappa shape index (κ3) is 10.8. The molecule has 1 saturated heterocycles. The number of methoxy groups -OCH3 is 1. The Kier molecular flexibility index (Phi) is 13.3. The minimum atomic E-state index is -2.77. The Morgan fingerprint density at radius 3 is 1.54 bits per heavy atom. The number of fused-ring (bicyclic) bond motifs is 2. The minimum Gasteiger partial charge on any atom is -0.481 e. The van der Waals surface area contributed by atoms with E-state index >= 15 is 0 Å². The van der Waals surface area contributed by atoms with E-state index in [2.05, 4.69) is 24.5 Å². The van der Waals surface area contributed by atoms with Gasteiger partial charge in [-0.25, -0.2) is 31.9 Å². The molecule has 1 heterocycles. The number of ether oxygens (including phenoxy) is 3. The molecule has 0 aromatic carbocycles. The van der Waals surface area contributed by atoms with Crippen molar-refractivity contribution >= 4 is 35.8 Å². The fraction of sp³-hybridized carbons (Fsp3) is 0.864. The Hall–Kier alpha value is -3.66. The number of alkyl carbamates (subject to hydrolysis) is 2. The molecule has 6 aliphatic rings. The Balaban J connectivity index is 0.000000231. The summed E-state index contributed by atoms with van der Waals surface area (Å²) >= 11 is 0. The van der Waals surface area contributed by atoms with Gasteiger partial charge in [-0.05, 0) is 114 Å². The van der Waals surface area contributed by atoms with E-state index < -0.39 is 94.9 Å². The van der Waals surface area contributed by atoms with E-state index in [9.17, 15) is 51.4 Å². The second kappa shape index (κ2) is 16.8. The maximum atomic E-state index is 13.7. The van der Waals surface area contributed by atoms with Crippen LogP contribution < -0.4 is 10.6 Å². The molecule has 0 aromatic rings. The number of likely N-dealkylation sites (tertiary alicyclic amines) is 1. The van der Waals surface area contributed by atoms with Crippen molar-refractivity contribution in [1.29, 1.82) is 0 Å². The first-order chi connectivity index (χ1) is 27.8. The van der Waals surface area contributed by atoms with Crippen LogP contribution in [0.3, 0.4) is 0 Å². The Labute approximate surface area is 356 Å². The van der Waals surface area contributed by atoms with E-state index in [1.54, 1.807) is 41.5 Å². The molecular weight excluding hydrogens is 806 g/mol. The first kappa shape index (κ1) is 48.4. The summed E-state index contributed by atoms with van der Waals surface area (Å²) in [6, 6.07) is -2.77. The number of carboxylic acid groups (broad SMARTS) is 1. The highest BCUT2D eigenvalue weighted by molar-refractivity contribution is 5.94. The second-order valence-electron chi connectivity index (χ2n) is 21.6. The number of piperidine rings is 1. The molecule has 0 bridgehead atoms. The number of esters is 1. The molecule has 6 rings (SSSR count). The standard InChI is InChI=1S/C22H34F2N2O5.C22H33F2NO5/c1-20(2,3)31-19(29)25-15(12-7-9-22(23,24)10-8-12)17(27)26-11-13-14(21(13,4)5)16(26)18(28)30-6;1-20(2,3)30-19(29)25-16(11-6-8-22(23,24)9-7-11)17(26)12-10-13-15(21(13,4)5)14(12)18(27)28/h12-16H,7-11H2,1-6H3,(H,25,29);11-16H,6-10H2,1-5H3,(H,25,29)(H,27,28)/t13-,14-,15-,16?;12?,13-,14?,15-,16-/m00/s1. The van der Waals surface area contributed by atoms with Gasteiger partial charge in [-0.1, -0.05) is 27.7 Å². The Morgan fingerprint density at radius 1 is 0.689 bits per heavy atom. The first-order valence-corrected chi connectivity index (χ1v) is 21.7. The van der Waals surface area contributed by atoms with Gasteiger partial charge in [-0.3, -0.25) is 14.4 Å². The van der Waals surface area contributed by atoms with Crippen molar-refractivity contribution in [3.8, 4) is 0 Å². The van der Waals surface area contributed by atoms with Gasteiger partial charge in [0.05, 0.1) is 19.1 Å². The van der Waals surface area contributed by atoms with Crippen molar-refractivity contribution in [3.05, 3.63) is 0 Å². The van der Waals surface area contributed by atoms with Crippen LogP contribution in [0, 0.1) is 58.2 Å². The van der Waals surface area contributed by atoms with Crippen LogP contribution in [0.15, 0.2) is 0 Å². The molecule has 3 amide bonds. The molecule has 3 N–H and O–H groups in total. The maximum absolute atomic E-state index is 13.7. The zero-order valence-electron chi connectivity index (χ0n) is 37.5. The van der Waals surface area contributed by atoms with Gasteiger partial charge in [-0.2, -0.15) is 0 Å². The second-order valence-corrected chi connectivity index (χ2v) is 21.6. The lowest BCUT2D eigenvalue weighted by Crippen LogP contribution is -2.57. The van der Waals surface area contributed by atoms with E-state index in [1.165, 1.54) is 12.0 Å². The van der Waals surface area contributed by atoms with Crippen LogP contribution in [-0.2, 0) is 33.4 Å². The fourth-order valence-electron chi connectivity index (χ4n) is 11.0. The number of rotatable bonds is 9. The predicted octanol–water partition coefficient (Wildman–Crippen LogP) is 7.63. The molecule has 5 saturated carbocycles. The summed E-state index contributed by atoms with van der Waals surface area (Å²) in [7, 11) is 1.29. The summed E-state index contributed by atoms with van der Waals surface area (Å²) in [5.41, 5.74) is -1.73. The number of carbonyl (C=O) groups excluding carboxylic acids is 5. The van der Waals surface area contributed by atoms with E-state index in [-0.39, 0.29) is 91.7 Å². The first-order valence-electron chi connectivity index (χ1n) is 21.7. The van der Waals surface area contributed by atoms with E-state index in [1.807, 2.05) is 13.8 Å². The van der Waals surface area contributed by atoms with Gasteiger partial charge >= 0.3 is 24.1 Å². The number of halogens is 4. The van der Waals surface area contributed by atoms with Crippen LogP contribution in [0.1, 0.15) is 127 Å². The molecule has 0 spiro atoms. The smallest absolute Gasteiger partial charge is 0.408 e. The number of nitrogens with one attached hydrogen (secondary N) is 2.